The molecule has 5 heteroatoms. The van der Waals surface area contributed by atoms with Gasteiger partial charge in [-0.25, -0.2) is 4.68 Å². The minimum atomic E-state index is -0.104. The van der Waals surface area contributed by atoms with Crippen LogP contribution in [0.25, 0.3) is 0 Å². The van der Waals surface area contributed by atoms with Crippen LogP contribution >= 0.6 is 11.8 Å². The number of anilines is 1. The molecule has 1 N–H and O–H groups in total. The second-order valence-corrected chi connectivity index (χ2v) is 7.81. The van der Waals surface area contributed by atoms with E-state index in [4.69, 9.17) is 5.10 Å². The molecule has 0 bridgehead atoms. The van der Waals surface area contributed by atoms with Crippen LogP contribution in [0.1, 0.15) is 57.7 Å². The third kappa shape index (κ3) is 2.48. The Kier molecular flexibility index (Phi) is 3.56. The maximum absolute atomic E-state index is 12.4. The lowest BCUT2D eigenvalue weighted by Crippen LogP contribution is -2.29. The molecular formula is C15H23N3OS. The Morgan fingerprint density at radius 3 is 2.65 bits per heavy atom. The Bertz CT molecular complexity index is 524. The molecule has 0 aromatic carbocycles. The van der Waals surface area contributed by atoms with E-state index in [-0.39, 0.29) is 17.4 Å². The number of hydrogen-bond donors (Lipinski definition) is 1. The van der Waals surface area contributed by atoms with Crippen molar-refractivity contribution in [2.45, 2.75) is 63.5 Å². The van der Waals surface area contributed by atoms with Crippen LogP contribution in [0, 0.1) is 5.92 Å². The largest absolute Gasteiger partial charge is 0.310 e. The van der Waals surface area contributed by atoms with Crippen molar-refractivity contribution >= 4 is 23.5 Å². The highest BCUT2D eigenvalue weighted by Gasteiger charge is 2.30. The van der Waals surface area contributed by atoms with E-state index in [1.54, 1.807) is 0 Å². The first-order valence-electron chi connectivity index (χ1n) is 7.46. The zero-order valence-corrected chi connectivity index (χ0v) is 13.3. The first-order valence-corrected chi connectivity index (χ1v) is 8.62. The zero-order valence-electron chi connectivity index (χ0n) is 12.5. The summed E-state index contributed by atoms with van der Waals surface area (Å²) in [5.74, 6) is 3.25. The summed E-state index contributed by atoms with van der Waals surface area (Å²) in [5.41, 5.74) is 2.27. The number of fused-ring (bicyclic) bond motifs is 1. The van der Waals surface area contributed by atoms with Crippen molar-refractivity contribution in [3.8, 4) is 0 Å². The lowest BCUT2D eigenvalue weighted by atomic mass is 10.1. The third-order valence-electron chi connectivity index (χ3n) is 4.15. The van der Waals surface area contributed by atoms with Gasteiger partial charge < -0.3 is 5.32 Å². The number of amides is 1. The van der Waals surface area contributed by atoms with Gasteiger partial charge in [0.15, 0.2) is 0 Å². The lowest BCUT2D eigenvalue weighted by Gasteiger charge is -2.24. The van der Waals surface area contributed by atoms with E-state index in [0.717, 1.165) is 35.9 Å². The fourth-order valence-corrected chi connectivity index (χ4v) is 4.07. The van der Waals surface area contributed by atoms with Gasteiger partial charge in [-0.15, -0.1) is 0 Å². The van der Waals surface area contributed by atoms with Gasteiger partial charge in [0.25, 0.3) is 0 Å². The molecule has 2 heterocycles. The molecule has 1 aromatic rings. The Labute approximate surface area is 124 Å². The summed E-state index contributed by atoms with van der Waals surface area (Å²) in [4.78, 5) is 12.4. The highest BCUT2D eigenvalue weighted by Crippen LogP contribution is 2.37. The van der Waals surface area contributed by atoms with Crippen LogP contribution in [0.3, 0.4) is 0 Å². The molecular weight excluding hydrogens is 270 g/mol. The molecule has 1 amide bonds. The summed E-state index contributed by atoms with van der Waals surface area (Å²) in [6.07, 6.45) is 4.44. The van der Waals surface area contributed by atoms with Crippen LogP contribution in [-0.2, 0) is 21.8 Å². The van der Waals surface area contributed by atoms with Crippen molar-refractivity contribution in [1.82, 2.24) is 9.78 Å². The topological polar surface area (TPSA) is 46.9 Å². The first kappa shape index (κ1) is 14.0. The van der Waals surface area contributed by atoms with Crippen molar-refractivity contribution in [3.05, 3.63) is 11.3 Å². The summed E-state index contributed by atoms with van der Waals surface area (Å²) in [6, 6.07) is 0. The van der Waals surface area contributed by atoms with E-state index in [1.807, 2.05) is 16.4 Å². The molecule has 1 aliphatic carbocycles. The number of hydrogen-bond acceptors (Lipinski definition) is 3. The van der Waals surface area contributed by atoms with Gasteiger partial charge in [-0.1, -0.05) is 12.8 Å². The molecule has 2 aliphatic rings. The Balaban J connectivity index is 1.89. The molecule has 110 valence electrons. The van der Waals surface area contributed by atoms with Crippen molar-refractivity contribution < 1.29 is 4.79 Å². The number of carbonyl (C=O) groups excluding carboxylic acids is 1. The molecule has 20 heavy (non-hydrogen) atoms. The van der Waals surface area contributed by atoms with Crippen LogP contribution in [0.4, 0.5) is 5.82 Å². The van der Waals surface area contributed by atoms with Gasteiger partial charge in [0, 0.05) is 23.0 Å². The molecule has 1 saturated carbocycles. The van der Waals surface area contributed by atoms with E-state index in [1.165, 1.54) is 18.4 Å². The lowest BCUT2D eigenvalue weighted by molar-refractivity contribution is -0.119. The SMILES string of the molecule is CC(C)(C)n1nc2c(c1NC(=O)C1CCCC1)CSC2. The minimum Gasteiger partial charge on any atom is -0.310 e. The quantitative estimate of drug-likeness (QED) is 0.907. The number of nitrogens with zero attached hydrogens (tertiary/aromatic N) is 2. The van der Waals surface area contributed by atoms with Crippen molar-refractivity contribution in [1.29, 1.82) is 0 Å². The molecule has 1 aromatic heterocycles. The summed E-state index contributed by atoms with van der Waals surface area (Å²) in [6.45, 7) is 6.40. The van der Waals surface area contributed by atoms with Crippen LogP contribution in [0.15, 0.2) is 0 Å². The van der Waals surface area contributed by atoms with E-state index in [2.05, 4.69) is 26.1 Å². The average molecular weight is 293 g/mol. The maximum atomic E-state index is 12.4. The number of nitrogens with one attached hydrogen (secondary N) is 1. The number of rotatable bonds is 2. The van der Waals surface area contributed by atoms with Gasteiger partial charge in [-0.3, -0.25) is 4.79 Å². The van der Waals surface area contributed by atoms with E-state index in [0.29, 0.717) is 0 Å². The normalized spacial score (nSPS) is 19.4. The van der Waals surface area contributed by atoms with Gasteiger partial charge in [-0.05, 0) is 33.6 Å². The van der Waals surface area contributed by atoms with Crippen LogP contribution < -0.4 is 5.32 Å². The molecule has 0 spiro atoms. The van der Waals surface area contributed by atoms with Gasteiger partial charge in [0.05, 0.1) is 11.2 Å². The highest BCUT2D eigenvalue weighted by molar-refractivity contribution is 7.98. The van der Waals surface area contributed by atoms with E-state index in [9.17, 15) is 4.79 Å². The van der Waals surface area contributed by atoms with Crippen molar-refractivity contribution in [2.24, 2.45) is 5.92 Å². The molecule has 0 radical (unpaired) electrons. The van der Waals surface area contributed by atoms with Crippen LogP contribution in [0.2, 0.25) is 0 Å². The van der Waals surface area contributed by atoms with E-state index >= 15 is 0 Å². The number of aromatic nitrogens is 2. The fourth-order valence-electron chi connectivity index (χ4n) is 3.03. The number of carbonyl (C=O) groups is 1. The molecule has 1 aliphatic heterocycles. The average Bonchev–Trinajstić information content (AvgIpc) is 3.04. The molecule has 0 atom stereocenters. The number of thioether (sulfide) groups is 1. The monoisotopic (exact) mass is 293 g/mol. The summed E-state index contributed by atoms with van der Waals surface area (Å²) >= 11 is 1.88. The zero-order chi connectivity index (χ0) is 14.3. The second kappa shape index (κ2) is 5.10. The first-order chi connectivity index (χ1) is 9.47. The Morgan fingerprint density at radius 1 is 1.30 bits per heavy atom. The van der Waals surface area contributed by atoms with Gasteiger partial charge >= 0.3 is 0 Å². The summed E-state index contributed by atoms with van der Waals surface area (Å²) < 4.78 is 2.00. The minimum absolute atomic E-state index is 0.104. The van der Waals surface area contributed by atoms with E-state index < -0.39 is 0 Å². The summed E-state index contributed by atoms with van der Waals surface area (Å²) in [7, 11) is 0. The Morgan fingerprint density at radius 2 is 2.00 bits per heavy atom. The fraction of sp³-hybridized carbons (Fsp3) is 0.733. The third-order valence-corrected chi connectivity index (χ3v) is 5.13. The standard InChI is InChI=1S/C15H23N3OS/c1-15(2,3)18-13(11-8-20-9-12(11)17-18)16-14(19)10-6-4-5-7-10/h10H,4-9H2,1-3H3,(H,16,19). The second-order valence-electron chi connectivity index (χ2n) is 6.82. The van der Waals surface area contributed by atoms with Gasteiger partial charge in [0.1, 0.15) is 5.82 Å². The van der Waals surface area contributed by atoms with Crippen LogP contribution in [0.5, 0.6) is 0 Å². The smallest absolute Gasteiger partial charge is 0.228 e. The predicted molar refractivity (Wildman–Crippen MR) is 82.8 cm³/mol. The van der Waals surface area contributed by atoms with Crippen molar-refractivity contribution in [3.63, 3.8) is 0 Å². The van der Waals surface area contributed by atoms with Gasteiger partial charge in [0.2, 0.25) is 5.91 Å². The highest BCUT2D eigenvalue weighted by atomic mass is 32.2. The molecule has 3 rings (SSSR count). The molecule has 0 unspecified atom stereocenters. The van der Waals surface area contributed by atoms with Gasteiger partial charge in [-0.2, -0.15) is 16.9 Å². The molecule has 1 fully saturated rings. The molecule has 4 nitrogen and oxygen atoms in total. The summed E-state index contributed by atoms with van der Waals surface area (Å²) in [5, 5.41) is 7.91. The predicted octanol–water partition coefficient (Wildman–Crippen LogP) is 3.51. The maximum Gasteiger partial charge on any atom is 0.228 e. The van der Waals surface area contributed by atoms with Crippen LogP contribution in [-0.4, -0.2) is 15.7 Å². The Hall–Kier alpha value is -0.970. The van der Waals surface area contributed by atoms with Crippen molar-refractivity contribution in [2.75, 3.05) is 5.32 Å². The molecule has 0 saturated heterocycles.